The Labute approximate surface area is 129 Å². The molecule has 1 aliphatic heterocycles. The summed E-state index contributed by atoms with van der Waals surface area (Å²) in [5.74, 6) is -0.116. The maximum Gasteiger partial charge on any atom is 0.240 e. The highest BCUT2D eigenvalue weighted by Gasteiger charge is 2.29. The van der Waals surface area contributed by atoms with Crippen molar-refractivity contribution in [2.75, 3.05) is 11.5 Å². The van der Waals surface area contributed by atoms with E-state index in [0.29, 0.717) is 17.2 Å². The third kappa shape index (κ3) is 4.54. The zero-order valence-corrected chi connectivity index (χ0v) is 13.2. The molecular formula is C14H17ClN2O3S. The lowest BCUT2D eigenvalue weighted by atomic mass is 10.1. The smallest absolute Gasteiger partial charge is 0.240 e. The molecule has 1 atom stereocenters. The van der Waals surface area contributed by atoms with Crippen LogP contribution in [0.15, 0.2) is 29.4 Å². The number of nitrogens with one attached hydrogen (secondary N) is 1. The van der Waals surface area contributed by atoms with Crippen molar-refractivity contribution in [1.29, 1.82) is 0 Å². The molecule has 2 rings (SSSR count). The highest BCUT2D eigenvalue weighted by atomic mass is 35.5. The van der Waals surface area contributed by atoms with E-state index in [1.54, 1.807) is 13.0 Å². The number of nitrogens with zero attached hydrogens (tertiary/aromatic N) is 1. The van der Waals surface area contributed by atoms with E-state index in [2.05, 4.69) is 10.5 Å². The average Bonchev–Trinajstić information content (AvgIpc) is 2.75. The number of amides is 1. The fourth-order valence-electron chi connectivity index (χ4n) is 2.30. The minimum atomic E-state index is -2.95. The van der Waals surface area contributed by atoms with Gasteiger partial charge < -0.3 is 0 Å². The van der Waals surface area contributed by atoms with Gasteiger partial charge in [0, 0.05) is 17.0 Å². The fourth-order valence-corrected chi connectivity index (χ4v) is 4.44. The topological polar surface area (TPSA) is 75.6 Å². The number of rotatable bonds is 4. The van der Waals surface area contributed by atoms with Crippen LogP contribution in [0.5, 0.6) is 0 Å². The van der Waals surface area contributed by atoms with Gasteiger partial charge in [0.05, 0.1) is 17.2 Å². The number of benzene rings is 1. The van der Waals surface area contributed by atoms with Gasteiger partial charge in [-0.05, 0) is 25.3 Å². The predicted octanol–water partition coefficient (Wildman–Crippen LogP) is 2.00. The number of carbonyl (C=O) groups excluding carboxylic acids is 1. The molecule has 0 unspecified atom stereocenters. The van der Waals surface area contributed by atoms with Gasteiger partial charge in [0.25, 0.3) is 0 Å². The molecule has 0 bridgehead atoms. The van der Waals surface area contributed by atoms with Crippen molar-refractivity contribution in [3.8, 4) is 0 Å². The monoisotopic (exact) mass is 328 g/mol. The van der Waals surface area contributed by atoms with E-state index in [0.717, 1.165) is 5.56 Å². The van der Waals surface area contributed by atoms with Crippen molar-refractivity contribution in [3.05, 3.63) is 34.9 Å². The van der Waals surface area contributed by atoms with Crippen molar-refractivity contribution < 1.29 is 13.2 Å². The van der Waals surface area contributed by atoms with Crippen molar-refractivity contribution in [2.24, 2.45) is 11.0 Å². The fraction of sp³-hybridized carbons (Fsp3) is 0.429. The van der Waals surface area contributed by atoms with E-state index in [-0.39, 0.29) is 29.8 Å². The third-order valence-electron chi connectivity index (χ3n) is 3.41. The van der Waals surface area contributed by atoms with Gasteiger partial charge in [0.15, 0.2) is 9.84 Å². The van der Waals surface area contributed by atoms with E-state index in [4.69, 9.17) is 11.6 Å². The minimum absolute atomic E-state index is 0.0909. The van der Waals surface area contributed by atoms with Gasteiger partial charge in [-0.15, -0.1) is 0 Å². The summed E-state index contributed by atoms with van der Waals surface area (Å²) in [7, 11) is -2.95. The quantitative estimate of drug-likeness (QED) is 0.678. The maximum absolute atomic E-state index is 11.8. The number of hydrogen-bond acceptors (Lipinski definition) is 4. The number of hydrazone groups is 1. The Kier molecular flexibility index (Phi) is 5.00. The number of halogens is 1. The molecule has 5 nitrogen and oxygen atoms in total. The standard InChI is InChI=1S/C14H17ClN2O3S/c1-10(12-4-2-3-5-13(12)15)16-17-14(18)8-11-6-7-21(19,20)9-11/h2-5,11H,6-9H2,1H3,(H,17,18)/b16-10-/t11-/m1/s1. The minimum Gasteiger partial charge on any atom is -0.273 e. The Morgan fingerprint density at radius 2 is 2.14 bits per heavy atom. The Bertz CT molecular complexity index is 671. The molecule has 7 heteroatoms. The van der Waals surface area contributed by atoms with Crippen LogP contribution >= 0.6 is 11.6 Å². The largest absolute Gasteiger partial charge is 0.273 e. The van der Waals surface area contributed by atoms with Gasteiger partial charge in [-0.2, -0.15) is 5.10 Å². The first-order valence-electron chi connectivity index (χ1n) is 6.66. The summed E-state index contributed by atoms with van der Waals surface area (Å²) >= 11 is 6.04. The molecule has 21 heavy (non-hydrogen) atoms. The molecule has 0 aromatic heterocycles. The Hall–Kier alpha value is -1.40. The molecule has 0 saturated carbocycles. The molecule has 1 aromatic carbocycles. The van der Waals surface area contributed by atoms with Crippen LogP contribution in [0.2, 0.25) is 5.02 Å². The third-order valence-corrected chi connectivity index (χ3v) is 5.58. The summed E-state index contributed by atoms with van der Waals surface area (Å²) in [6, 6.07) is 7.22. The van der Waals surface area contributed by atoms with Gasteiger partial charge in [0.1, 0.15) is 0 Å². The van der Waals surface area contributed by atoms with Crippen LogP contribution in [-0.4, -0.2) is 31.5 Å². The Balaban J connectivity index is 1.92. The lowest BCUT2D eigenvalue weighted by molar-refractivity contribution is -0.121. The Morgan fingerprint density at radius 3 is 2.76 bits per heavy atom. The average molecular weight is 329 g/mol. The molecule has 0 aliphatic carbocycles. The van der Waals surface area contributed by atoms with Gasteiger partial charge >= 0.3 is 0 Å². The lowest BCUT2D eigenvalue weighted by Gasteiger charge is -2.07. The molecule has 1 heterocycles. The first-order valence-corrected chi connectivity index (χ1v) is 8.86. The molecule has 1 saturated heterocycles. The zero-order valence-electron chi connectivity index (χ0n) is 11.7. The summed E-state index contributed by atoms with van der Waals surface area (Å²) in [4.78, 5) is 11.8. The SMILES string of the molecule is C/C(=N/NC(=O)C[C@H]1CCS(=O)(=O)C1)c1ccccc1Cl. The summed E-state index contributed by atoms with van der Waals surface area (Å²) < 4.78 is 22.7. The van der Waals surface area contributed by atoms with Crippen LogP contribution in [-0.2, 0) is 14.6 Å². The molecule has 1 aliphatic rings. The summed E-state index contributed by atoms with van der Waals surface area (Å²) in [6.45, 7) is 1.75. The van der Waals surface area contributed by atoms with Gasteiger partial charge in [-0.3, -0.25) is 4.79 Å². The molecule has 1 amide bonds. The first kappa shape index (κ1) is 16.0. The van der Waals surface area contributed by atoms with Crippen molar-refractivity contribution in [2.45, 2.75) is 19.8 Å². The second-order valence-electron chi connectivity index (χ2n) is 5.19. The van der Waals surface area contributed by atoms with Crippen LogP contribution in [0.3, 0.4) is 0 Å². The second kappa shape index (κ2) is 6.58. The van der Waals surface area contributed by atoms with E-state index in [1.165, 1.54) is 0 Å². The van der Waals surface area contributed by atoms with Crippen molar-refractivity contribution in [1.82, 2.24) is 5.43 Å². The zero-order chi connectivity index (χ0) is 15.5. The van der Waals surface area contributed by atoms with E-state index < -0.39 is 9.84 Å². The number of carbonyl (C=O) groups is 1. The highest BCUT2D eigenvalue weighted by molar-refractivity contribution is 7.91. The molecular weight excluding hydrogens is 312 g/mol. The van der Waals surface area contributed by atoms with Gasteiger partial charge in [0.2, 0.25) is 5.91 Å². The number of hydrogen-bond donors (Lipinski definition) is 1. The summed E-state index contributed by atoms with van der Waals surface area (Å²) in [5.41, 5.74) is 3.82. The van der Waals surface area contributed by atoms with Crippen LogP contribution in [0.4, 0.5) is 0 Å². The second-order valence-corrected chi connectivity index (χ2v) is 7.82. The summed E-state index contributed by atoms with van der Waals surface area (Å²) in [6.07, 6.45) is 0.724. The molecule has 0 radical (unpaired) electrons. The van der Waals surface area contributed by atoms with Crippen molar-refractivity contribution in [3.63, 3.8) is 0 Å². The highest BCUT2D eigenvalue weighted by Crippen LogP contribution is 2.21. The van der Waals surface area contributed by atoms with Gasteiger partial charge in [-0.1, -0.05) is 29.8 Å². The normalized spacial score (nSPS) is 21.2. The van der Waals surface area contributed by atoms with E-state index in [9.17, 15) is 13.2 Å². The van der Waals surface area contributed by atoms with E-state index in [1.807, 2.05) is 18.2 Å². The van der Waals surface area contributed by atoms with Crippen LogP contribution < -0.4 is 5.43 Å². The van der Waals surface area contributed by atoms with Gasteiger partial charge in [-0.25, -0.2) is 13.8 Å². The van der Waals surface area contributed by atoms with Crippen LogP contribution in [0.1, 0.15) is 25.3 Å². The lowest BCUT2D eigenvalue weighted by Crippen LogP contribution is -2.22. The molecule has 1 aromatic rings. The molecule has 0 spiro atoms. The number of sulfone groups is 1. The van der Waals surface area contributed by atoms with Crippen LogP contribution in [0.25, 0.3) is 0 Å². The molecule has 114 valence electrons. The first-order chi connectivity index (χ1) is 9.87. The van der Waals surface area contributed by atoms with E-state index >= 15 is 0 Å². The maximum atomic E-state index is 11.8. The molecule has 1 fully saturated rings. The Morgan fingerprint density at radius 1 is 1.43 bits per heavy atom. The van der Waals surface area contributed by atoms with Crippen molar-refractivity contribution >= 4 is 33.1 Å². The predicted molar refractivity (Wildman–Crippen MR) is 83.2 cm³/mol. The summed E-state index contributed by atoms with van der Waals surface area (Å²) in [5, 5.41) is 4.58. The van der Waals surface area contributed by atoms with Crippen LogP contribution in [0, 0.1) is 5.92 Å². The molecule has 1 N–H and O–H groups in total.